The summed E-state index contributed by atoms with van der Waals surface area (Å²) >= 11 is 5.57. The van der Waals surface area contributed by atoms with Crippen LogP contribution in [0.5, 0.6) is 0 Å². The summed E-state index contributed by atoms with van der Waals surface area (Å²) < 4.78 is 4.92. The van der Waals surface area contributed by atoms with Crippen molar-refractivity contribution in [1.29, 1.82) is 0 Å². The molecule has 3 heteroatoms. The van der Waals surface area contributed by atoms with Gasteiger partial charge in [-0.15, -0.1) is 11.6 Å². The Morgan fingerprint density at radius 1 is 1.55 bits per heavy atom. The summed E-state index contributed by atoms with van der Waals surface area (Å²) in [5.41, 5.74) is 0. The molecule has 0 aliphatic heterocycles. The van der Waals surface area contributed by atoms with E-state index in [2.05, 4.69) is 12.2 Å². The van der Waals surface area contributed by atoms with E-state index in [-0.39, 0.29) is 0 Å². The van der Waals surface area contributed by atoms with Crippen molar-refractivity contribution in [1.82, 2.24) is 5.32 Å². The van der Waals surface area contributed by atoms with Gasteiger partial charge in [0.15, 0.2) is 0 Å². The lowest BCUT2D eigenvalue weighted by Crippen LogP contribution is -2.27. The molecule has 1 N–H and O–H groups in total. The van der Waals surface area contributed by atoms with Crippen molar-refractivity contribution in [2.75, 3.05) is 26.1 Å². The first-order chi connectivity index (χ1) is 5.31. The molecule has 0 aromatic heterocycles. The third kappa shape index (κ3) is 8.11. The largest absolute Gasteiger partial charge is 0.385 e. The summed E-state index contributed by atoms with van der Waals surface area (Å²) in [5, 5.41) is 3.35. The van der Waals surface area contributed by atoms with Crippen molar-refractivity contribution in [2.24, 2.45) is 0 Å². The van der Waals surface area contributed by atoms with Gasteiger partial charge in [-0.05, 0) is 26.3 Å². The van der Waals surface area contributed by atoms with Gasteiger partial charge in [-0.1, -0.05) is 0 Å². The number of halogens is 1. The van der Waals surface area contributed by atoms with E-state index in [1.54, 1.807) is 7.11 Å². The van der Waals surface area contributed by atoms with Gasteiger partial charge in [-0.3, -0.25) is 0 Å². The molecule has 0 fully saturated rings. The highest BCUT2D eigenvalue weighted by Crippen LogP contribution is 1.92. The minimum atomic E-state index is 0.532. The summed E-state index contributed by atoms with van der Waals surface area (Å²) in [6.07, 6.45) is 2.11. The zero-order valence-electron chi connectivity index (χ0n) is 7.40. The fraction of sp³-hybridized carbons (Fsp3) is 1.00. The van der Waals surface area contributed by atoms with Gasteiger partial charge in [0.05, 0.1) is 0 Å². The minimum absolute atomic E-state index is 0.532. The van der Waals surface area contributed by atoms with E-state index in [1.807, 2.05) is 0 Å². The van der Waals surface area contributed by atoms with Crippen LogP contribution in [-0.4, -0.2) is 32.2 Å². The highest BCUT2D eigenvalue weighted by Gasteiger charge is 1.97. The summed E-state index contributed by atoms with van der Waals surface area (Å²) in [4.78, 5) is 0. The van der Waals surface area contributed by atoms with Crippen LogP contribution in [0.3, 0.4) is 0 Å². The first-order valence-corrected chi connectivity index (χ1v) is 4.63. The summed E-state index contributed by atoms with van der Waals surface area (Å²) in [5.74, 6) is 0.735. The first kappa shape index (κ1) is 11.2. The Morgan fingerprint density at radius 3 is 2.82 bits per heavy atom. The topological polar surface area (TPSA) is 21.3 Å². The van der Waals surface area contributed by atoms with Crippen molar-refractivity contribution >= 4 is 11.6 Å². The van der Waals surface area contributed by atoms with Crippen LogP contribution >= 0.6 is 11.6 Å². The summed E-state index contributed by atoms with van der Waals surface area (Å²) in [6, 6.07) is 0.532. The molecule has 1 atom stereocenters. The fourth-order valence-electron chi connectivity index (χ4n) is 0.831. The lowest BCUT2D eigenvalue weighted by molar-refractivity contribution is 0.193. The molecule has 0 aliphatic rings. The molecule has 2 nitrogen and oxygen atoms in total. The van der Waals surface area contributed by atoms with Gasteiger partial charge in [0.25, 0.3) is 0 Å². The maximum absolute atomic E-state index is 5.57. The molecule has 0 spiro atoms. The molecule has 0 aromatic carbocycles. The van der Waals surface area contributed by atoms with Gasteiger partial charge in [0, 0.05) is 25.6 Å². The third-order valence-electron chi connectivity index (χ3n) is 1.56. The van der Waals surface area contributed by atoms with E-state index in [0.29, 0.717) is 6.04 Å². The molecular weight excluding hydrogens is 162 g/mol. The fourth-order valence-corrected chi connectivity index (χ4v) is 1.16. The van der Waals surface area contributed by atoms with E-state index >= 15 is 0 Å². The van der Waals surface area contributed by atoms with Crippen LogP contribution < -0.4 is 5.32 Å². The molecule has 0 saturated carbocycles. The second-order valence-electron chi connectivity index (χ2n) is 2.68. The summed E-state index contributed by atoms with van der Waals surface area (Å²) in [6.45, 7) is 4.00. The lowest BCUT2D eigenvalue weighted by Gasteiger charge is -2.11. The molecule has 11 heavy (non-hydrogen) atoms. The number of hydrogen-bond donors (Lipinski definition) is 1. The van der Waals surface area contributed by atoms with E-state index in [0.717, 1.165) is 31.9 Å². The van der Waals surface area contributed by atoms with Crippen molar-refractivity contribution in [3.8, 4) is 0 Å². The molecule has 0 aromatic rings. The average Bonchev–Trinajstić information content (AvgIpc) is 1.99. The van der Waals surface area contributed by atoms with E-state index < -0.39 is 0 Å². The molecule has 0 heterocycles. The van der Waals surface area contributed by atoms with Crippen LogP contribution in [0, 0.1) is 0 Å². The normalized spacial score (nSPS) is 13.4. The Bertz CT molecular complexity index is 80.5. The zero-order valence-corrected chi connectivity index (χ0v) is 8.16. The highest BCUT2D eigenvalue weighted by atomic mass is 35.5. The summed E-state index contributed by atoms with van der Waals surface area (Å²) in [7, 11) is 1.72. The van der Waals surface area contributed by atoms with Gasteiger partial charge in [-0.25, -0.2) is 0 Å². The van der Waals surface area contributed by atoms with E-state index in [1.165, 1.54) is 0 Å². The molecule has 0 saturated heterocycles. The smallest absolute Gasteiger partial charge is 0.0474 e. The number of ether oxygens (including phenoxy) is 1. The van der Waals surface area contributed by atoms with Crippen molar-refractivity contribution in [3.63, 3.8) is 0 Å². The van der Waals surface area contributed by atoms with Crippen LogP contribution in [-0.2, 0) is 4.74 Å². The van der Waals surface area contributed by atoms with Gasteiger partial charge >= 0.3 is 0 Å². The Kier molecular flexibility index (Phi) is 8.47. The van der Waals surface area contributed by atoms with Crippen LogP contribution in [0.1, 0.15) is 19.8 Å². The van der Waals surface area contributed by atoms with Crippen molar-refractivity contribution < 1.29 is 4.74 Å². The van der Waals surface area contributed by atoms with E-state index in [9.17, 15) is 0 Å². The molecule has 0 radical (unpaired) electrons. The van der Waals surface area contributed by atoms with Crippen LogP contribution in [0.15, 0.2) is 0 Å². The number of hydrogen-bond acceptors (Lipinski definition) is 2. The van der Waals surface area contributed by atoms with E-state index in [4.69, 9.17) is 16.3 Å². The number of methoxy groups -OCH3 is 1. The predicted molar refractivity (Wildman–Crippen MR) is 49.3 cm³/mol. The molecular formula is C8H18ClNO. The Hall–Kier alpha value is 0.210. The minimum Gasteiger partial charge on any atom is -0.385 e. The van der Waals surface area contributed by atoms with Gasteiger partial charge < -0.3 is 10.1 Å². The van der Waals surface area contributed by atoms with Gasteiger partial charge in [-0.2, -0.15) is 0 Å². The zero-order chi connectivity index (χ0) is 8.53. The van der Waals surface area contributed by atoms with Crippen LogP contribution in [0.25, 0.3) is 0 Å². The third-order valence-corrected chi connectivity index (χ3v) is 1.78. The maximum Gasteiger partial charge on any atom is 0.0474 e. The quantitative estimate of drug-likeness (QED) is 0.474. The first-order valence-electron chi connectivity index (χ1n) is 4.09. The maximum atomic E-state index is 5.57. The SMILES string of the molecule is COCCCNC(C)CCCl. The average molecular weight is 180 g/mol. The van der Waals surface area contributed by atoms with Crippen molar-refractivity contribution in [3.05, 3.63) is 0 Å². The monoisotopic (exact) mass is 179 g/mol. The number of rotatable bonds is 7. The lowest BCUT2D eigenvalue weighted by atomic mass is 10.2. The molecule has 1 unspecified atom stereocenters. The van der Waals surface area contributed by atoms with Crippen LogP contribution in [0.2, 0.25) is 0 Å². The Morgan fingerprint density at radius 2 is 2.27 bits per heavy atom. The Labute approximate surface area is 74.3 Å². The second-order valence-corrected chi connectivity index (χ2v) is 3.06. The molecule has 0 aliphatic carbocycles. The van der Waals surface area contributed by atoms with Gasteiger partial charge in [0.2, 0.25) is 0 Å². The second kappa shape index (κ2) is 8.31. The van der Waals surface area contributed by atoms with Crippen molar-refractivity contribution in [2.45, 2.75) is 25.8 Å². The molecule has 0 rings (SSSR count). The number of alkyl halides is 1. The number of nitrogens with one attached hydrogen (secondary N) is 1. The van der Waals surface area contributed by atoms with Gasteiger partial charge in [0.1, 0.15) is 0 Å². The molecule has 68 valence electrons. The molecule has 0 bridgehead atoms. The Balaban J connectivity index is 2.97. The van der Waals surface area contributed by atoms with Crippen LogP contribution in [0.4, 0.5) is 0 Å². The molecule has 0 amide bonds. The predicted octanol–water partition coefficient (Wildman–Crippen LogP) is 1.63. The highest BCUT2D eigenvalue weighted by molar-refractivity contribution is 6.17. The standard InChI is InChI=1S/C8H18ClNO/c1-8(4-5-9)10-6-3-7-11-2/h8,10H,3-7H2,1-2H3.